The molecule has 4 rings (SSSR count). The molecule has 0 bridgehead atoms. The molecule has 2 heteroatoms. The molecule has 0 nitrogen and oxygen atoms in total. The molecule has 30 heavy (non-hydrogen) atoms. The van der Waals surface area contributed by atoms with Crippen molar-refractivity contribution in [1.29, 1.82) is 0 Å². The van der Waals surface area contributed by atoms with E-state index in [1.54, 1.807) is 12.1 Å². The predicted molar refractivity (Wildman–Crippen MR) is 121 cm³/mol. The molecule has 0 saturated carbocycles. The van der Waals surface area contributed by atoms with Gasteiger partial charge in [0, 0.05) is 5.39 Å². The van der Waals surface area contributed by atoms with Gasteiger partial charge in [0.15, 0.2) is 0 Å². The number of hydrogen-bond acceptors (Lipinski definition) is 0. The Bertz CT molecular complexity index is 1130. The first-order valence-corrected chi connectivity index (χ1v) is 10.6. The van der Waals surface area contributed by atoms with E-state index in [0.717, 1.165) is 30.2 Å². The van der Waals surface area contributed by atoms with Crippen molar-refractivity contribution < 1.29 is 8.78 Å². The number of fused-ring (bicyclic) bond motifs is 1. The molecule has 0 heterocycles. The monoisotopic (exact) mass is 400 g/mol. The minimum atomic E-state index is -0.246. The van der Waals surface area contributed by atoms with E-state index in [-0.39, 0.29) is 11.6 Å². The summed E-state index contributed by atoms with van der Waals surface area (Å²) in [4.78, 5) is 0. The van der Waals surface area contributed by atoms with Crippen molar-refractivity contribution in [2.45, 2.75) is 39.0 Å². The highest BCUT2D eigenvalue weighted by Crippen LogP contribution is 2.24. The van der Waals surface area contributed by atoms with Crippen LogP contribution in [0.4, 0.5) is 8.78 Å². The molecule has 0 spiro atoms. The Labute approximate surface area is 177 Å². The van der Waals surface area contributed by atoms with E-state index in [9.17, 15) is 4.39 Å². The standard InChI is InChI=1S/C28H26F2/c1-2-20-3-5-21(6-4-20)7-8-23-12-18-27-25(19-23)15-14-24(28(27)30)13-9-22-10-16-26(29)17-11-22/h3-6,10-12,14-19H,2,7-9,13H2,1H3. The van der Waals surface area contributed by atoms with Crippen LogP contribution in [0.2, 0.25) is 0 Å². The smallest absolute Gasteiger partial charge is 0.134 e. The van der Waals surface area contributed by atoms with Crippen molar-refractivity contribution in [3.05, 3.63) is 118 Å². The van der Waals surface area contributed by atoms with Crippen LogP contribution in [-0.2, 0) is 32.1 Å². The molecule has 0 aromatic heterocycles. The molecule has 0 amide bonds. The van der Waals surface area contributed by atoms with E-state index in [4.69, 9.17) is 0 Å². The first-order chi connectivity index (χ1) is 14.6. The summed E-state index contributed by atoms with van der Waals surface area (Å²) in [6, 6.07) is 25.1. The van der Waals surface area contributed by atoms with Crippen LogP contribution in [0.3, 0.4) is 0 Å². The van der Waals surface area contributed by atoms with Gasteiger partial charge in [-0.25, -0.2) is 8.78 Å². The molecule has 0 atom stereocenters. The molecule has 0 aliphatic rings. The maximum Gasteiger partial charge on any atom is 0.134 e. The summed E-state index contributed by atoms with van der Waals surface area (Å²) in [5.74, 6) is -0.388. The number of aryl methyl sites for hydroxylation is 5. The summed E-state index contributed by atoms with van der Waals surface area (Å²) in [6.45, 7) is 2.16. The predicted octanol–water partition coefficient (Wildman–Crippen LogP) is 7.25. The maximum absolute atomic E-state index is 15.0. The second-order valence-electron chi connectivity index (χ2n) is 7.89. The van der Waals surface area contributed by atoms with Crippen molar-refractivity contribution in [3.63, 3.8) is 0 Å². The fourth-order valence-electron chi connectivity index (χ4n) is 3.90. The molecule has 0 N–H and O–H groups in total. The first kappa shape index (κ1) is 20.3. The number of hydrogen-bond donors (Lipinski definition) is 0. The van der Waals surface area contributed by atoms with Gasteiger partial charge in [-0.2, -0.15) is 0 Å². The van der Waals surface area contributed by atoms with Crippen LogP contribution in [0.5, 0.6) is 0 Å². The van der Waals surface area contributed by atoms with Gasteiger partial charge >= 0.3 is 0 Å². The SMILES string of the molecule is CCc1ccc(CCc2ccc3c(F)c(CCc4ccc(F)cc4)ccc3c2)cc1. The zero-order valence-corrected chi connectivity index (χ0v) is 17.3. The number of rotatable bonds is 7. The summed E-state index contributed by atoms with van der Waals surface area (Å²) in [7, 11) is 0. The van der Waals surface area contributed by atoms with E-state index in [2.05, 4.69) is 37.3 Å². The van der Waals surface area contributed by atoms with Crippen molar-refractivity contribution in [2.24, 2.45) is 0 Å². The minimum absolute atomic E-state index is 0.142. The van der Waals surface area contributed by atoms with E-state index in [0.29, 0.717) is 23.8 Å². The van der Waals surface area contributed by atoms with Crippen molar-refractivity contribution >= 4 is 10.8 Å². The van der Waals surface area contributed by atoms with Crippen LogP contribution >= 0.6 is 0 Å². The third-order valence-corrected chi connectivity index (χ3v) is 5.83. The Hall–Kier alpha value is -3.00. The molecule has 0 unspecified atom stereocenters. The highest BCUT2D eigenvalue weighted by Gasteiger charge is 2.09. The lowest BCUT2D eigenvalue weighted by molar-refractivity contribution is 0.619. The molecule has 152 valence electrons. The van der Waals surface area contributed by atoms with Crippen molar-refractivity contribution in [1.82, 2.24) is 0 Å². The molecule has 0 aliphatic heterocycles. The normalized spacial score (nSPS) is 11.2. The van der Waals surface area contributed by atoms with Crippen LogP contribution in [0.1, 0.15) is 34.7 Å². The van der Waals surface area contributed by atoms with Gasteiger partial charge < -0.3 is 0 Å². The van der Waals surface area contributed by atoms with Crippen LogP contribution < -0.4 is 0 Å². The lowest BCUT2D eigenvalue weighted by Gasteiger charge is -2.09. The van der Waals surface area contributed by atoms with Gasteiger partial charge in [-0.05, 0) is 77.4 Å². The summed E-state index contributed by atoms with van der Waals surface area (Å²) in [6.07, 6.45) is 4.27. The number of halogens is 2. The van der Waals surface area contributed by atoms with Gasteiger partial charge in [0.2, 0.25) is 0 Å². The Morgan fingerprint density at radius 2 is 1.13 bits per heavy atom. The molecule has 4 aromatic rings. The van der Waals surface area contributed by atoms with Gasteiger partial charge in [-0.1, -0.05) is 73.7 Å². The highest BCUT2D eigenvalue weighted by molar-refractivity contribution is 5.84. The lowest BCUT2D eigenvalue weighted by Crippen LogP contribution is -1.97. The second kappa shape index (κ2) is 9.21. The van der Waals surface area contributed by atoms with Crippen LogP contribution in [-0.4, -0.2) is 0 Å². The van der Waals surface area contributed by atoms with E-state index < -0.39 is 0 Å². The minimum Gasteiger partial charge on any atom is -0.207 e. The molecular formula is C28H26F2. The molecular weight excluding hydrogens is 374 g/mol. The summed E-state index contributed by atoms with van der Waals surface area (Å²) in [5, 5.41) is 1.61. The van der Waals surface area contributed by atoms with Gasteiger partial charge in [0.25, 0.3) is 0 Å². The van der Waals surface area contributed by atoms with E-state index in [1.807, 2.05) is 24.3 Å². The van der Waals surface area contributed by atoms with E-state index in [1.165, 1.54) is 28.8 Å². The lowest BCUT2D eigenvalue weighted by atomic mass is 9.97. The van der Waals surface area contributed by atoms with E-state index >= 15 is 4.39 Å². The number of benzene rings is 4. The summed E-state index contributed by atoms with van der Waals surface area (Å²) >= 11 is 0. The van der Waals surface area contributed by atoms with Crippen LogP contribution in [0, 0.1) is 11.6 Å². The van der Waals surface area contributed by atoms with Crippen molar-refractivity contribution in [3.8, 4) is 0 Å². The maximum atomic E-state index is 15.0. The van der Waals surface area contributed by atoms with Crippen LogP contribution in [0.15, 0.2) is 78.9 Å². The van der Waals surface area contributed by atoms with Crippen LogP contribution in [0.25, 0.3) is 10.8 Å². The molecule has 4 aromatic carbocycles. The fraction of sp³-hybridized carbons (Fsp3) is 0.214. The average Bonchev–Trinajstić information content (AvgIpc) is 2.78. The first-order valence-electron chi connectivity index (χ1n) is 10.6. The average molecular weight is 401 g/mol. The molecule has 0 saturated heterocycles. The van der Waals surface area contributed by atoms with Gasteiger partial charge in [-0.15, -0.1) is 0 Å². The van der Waals surface area contributed by atoms with Crippen molar-refractivity contribution in [2.75, 3.05) is 0 Å². The topological polar surface area (TPSA) is 0 Å². The fourth-order valence-corrected chi connectivity index (χ4v) is 3.90. The molecule has 0 radical (unpaired) electrons. The van der Waals surface area contributed by atoms with Gasteiger partial charge in [0.05, 0.1) is 0 Å². The summed E-state index contributed by atoms with van der Waals surface area (Å²) < 4.78 is 28.1. The molecule has 0 aliphatic carbocycles. The highest BCUT2D eigenvalue weighted by atomic mass is 19.1. The Balaban J connectivity index is 1.45. The zero-order valence-electron chi connectivity index (χ0n) is 17.3. The largest absolute Gasteiger partial charge is 0.207 e. The Kier molecular flexibility index (Phi) is 6.23. The third-order valence-electron chi connectivity index (χ3n) is 5.83. The summed E-state index contributed by atoms with van der Waals surface area (Å²) in [5.41, 5.74) is 5.62. The Morgan fingerprint density at radius 1 is 0.567 bits per heavy atom. The zero-order chi connectivity index (χ0) is 20.9. The van der Waals surface area contributed by atoms with Gasteiger partial charge in [0.1, 0.15) is 11.6 Å². The molecule has 0 fully saturated rings. The second-order valence-corrected chi connectivity index (χ2v) is 7.89. The quantitative estimate of drug-likeness (QED) is 0.306. The van der Waals surface area contributed by atoms with Gasteiger partial charge in [-0.3, -0.25) is 0 Å². The Morgan fingerprint density at radius 3 is 1.83 bits per heavy atom. The third kappa shape index (κ3) is 4.76.